The highest BCUT2D eigenvalue weighted by Gasteiger charge is 2.02. The Labute approximate surface area is 84.5 Å². The summed E-state index contributed by atoms with van der Waals surface area (Å²) in [6.07, 6.45) is 0. The van der Waals surface area contributed by atoms with Gasteiger partial charge in [0.25, 0.3) is 0 Å². The van der Waals surface area contributed by atoms with Crippen molar-refractivity contribution in [1.29, 1.82) is 0 Å². The Hall–Kier alpha value is -1.09. The molecule has 1 rings (SSSR count). The van der Waals surface area contributed by atoms with E-state index in [0.717, 1.165) is 24.3 Å². The van der Waals surface area contributed by atoms with E-state index < -0.39 is 0 Å². The summed E-state index contributed by atoms with van der Waals surface area (Å²) in [7, 11) is 0. The van der Waals surface area contributed by atoms with Gasteiger partial charge >= 0.3 is 0 Å². The van der Waals surface area contributed by atoms with Crippen molar-refractivity contribution in [2.75, 3.05) is 25.5 Å². The number of hydrogen-bond donors (Lipinski definition) is 1. The first-order valence-corrected chi connectivity index (χ1v) is 4.89. The van der Waals surface area contributed by atoms with Crippen LogP contribution in [0, 0.1) is 0 Å². The highest BCUT2D eigenvalue weighted by Crippen LogP contribution is 2.09. The minimum Gasteiger partial charge on any atom is -0.399 e. The van der Waals surface area contributed by atoms with Gasteiger partial charge in [0.1, 0.15) is 6.67 Å². The Morgan fingerprint density at radius 2 is 2.21 bits per heavy atom. The topological polar surface area (TPSA) is 29.3 Å². The molecule has 0 atom stereocenters. The number of rotatable bonds is 5. The molecular formula is C11H17FN2. The number of benzene rings is 1. The SMILES string of the molecule is CCN(CCF)Cc1cccc(N)c1. The molecule has 0 saturated carbocycles. The van der Waals surface area contributed by atoms with Gasteiger partial charge in [-0.1, -0.05) is 19.1 Å². The lowest BCUT2D eigenvalue weighted by Crippen LogP contribution is -2.25. The fourth-order valence-corrected chi connectivity index (χ4v) is 1.42. The van der Waals surface area contributed by atoms with Crippen molar-refractivity contribution in [3.63, 3.8) is 0 Å². The van der Waals surface area contributed by atoms with Crippen LogP contribution in [-0.4, -0.2) is 24.7 Å². The van der Waals surface area contributed by atoms with Gasteiger partial charge in [-0.2, -0.15) is 0 Å². The maximum atomic E-state index is 12.1. The molecule has 0 aliphatic carbocycles. The van der Waals surface area contributed by atoms with E-state index in [4.69, 9.17) is 5.73 Å². The summed E-state index contributed by atoms with van der Waals surface area (Å²) >= 11 is 0. The van der Waals surface area contributed by atoms with Gasteiger partial charge in [-0.15, -0.1) is 0 Å². The molecule has 0 aliphatic rings. The maximum Gasteiger partial charge on any atom is 0.102 e. The molecule has 0 amide bonds. The normalized spacial score (nSPS) is 10.8. The Bertz CT molecular complexity index is 276. The second-order valence-electron chi connectivity index (χ2n) is 3.30. The lowest BCUT2D eigenvalue weighted by atomic mass is 10.2. The molecule has 78 valence electrons. The summed E-state index contributed by atoms with van der Waals surface area (Å²) < 4.78 is 12.1. The number of anilines is 1. The van der Waals surface area contributed by atoms with Crippen molar-refractivity contribution in [3.05, 3.63) is 29.8 Å². The van der Waals surface area contributed by atoms with Crippen molar-refractivity contribution < 1.29 is 4.39 Å². The van der Waals surface area contributed by atoms with Crippen LogP contribution in [-0.2, 0) is 6.54 Å². The molecule has 14 heavy (non-hydrogen) atoms. The zero-order chi connectivity index (χ0) is 10.4. The molecule has 0 spiro atoms. The minimum atomic E-state index is -0.295. The Balaban J connectivity index is 2.57. The third kappa shape index (κ3) is 3.34. The molecule has 2 nitrogen and oxygen atoms in total. The van der Waals surface area contributed by atoms with E-state index in [9.17, 15) is 4.39 Å². The predicted molar refractivity (Wildman–Crippen MR) is 57.8 cm³/mol. The average Bonchev–Trinajstić information content (AvgIpc) is 2.17. The van der Waals surface area contributed by atoms with Gasteiger partial charge in [-0.25, -0.2) is 4.39 Å². The van der Waals surface area contributed by atoms with Gasteiger partial charge in [0.05, 0.1) is 0 Å². The molecule has 1 aromatic carbocycles. The minimum absolute atomic E-state index is 0.295. The van der Waals surface area contributed by atoms with E-state index in [1.807, 2.05) is 31.2 Å². The standard InChI is InChI=1S/C11H17FN2/c1-2-14(7-6-12)9-10-4-3-5-11(13)8-10/h3-5,8H,2,6-7,9,13H2,1H3. The molecular weight excluding hydrogens is 179 g/mol. The van der Waals surface area contributed by atoms with E-state index in [1.165, 1.54) is 0 Å². The lowest BCUT2D eigenvalue weighted by molar-refractivity contribution is 0.252. The van der Waals surface area contributed by atoms with Crippen molar-refractivity contribution in [3.8, 4) is 0 Å². The molecule has 0 heterocycles. The zero-order valence-corrected chi connectivity index (χ0v) is 8.54. The average molecular weight is 196 g/mol. The van der Waals surface area contributed by atoms with Crippen molar-refractivity contribution in [2.24, 2.45) is 0 Å². The maximum absolute atomic E-state index is 12.1. The van der Waals surface area contributed by atoms with E-state index in [0.29, 0.717) is 6.54 Å². The van der Waals surface area contributed by atoms with Crippen molar-refractivity contribution in [2.45, 2.75) is 13.5 Å². The number of nitrogen functional groups attached to an aromatic ring is 1. The molecule has 0 unspecified atom stereocenters. The molecule has 2 N–H and O–H groups in total. The summed E-state index contributed by atoms with van der Waals surface area (Å²) in [6, 6.07) is 7.72. The van der Waals surface area contributed by atoms with Crippen LogP contribution in [0.25, 0.3) is 0 Å². The molecule has 1 aromatic rings. The summed E-state index contributed by atoms with van der Waals surface area (Å²) in [5.74, 6) is 0. The third-order valence-corrected chi connectivity index (χ3v) is 2.21. The third-order valence-electron chi connectivity index (χ3n) is 2.21. The van der Waals surface area contributed by atoms with Crippen LogP contribution in [0.2, 0.25) is 0 Å². The number of nitrogens with two attached hydrogens (primary N) is 1. The van der Waals surface area contributed by atoms with E-state index >= 15 is 0 Å². The Kier molecular flexibility index (Phi) is 4.40. The number of hydrogen-bond acceptors (Lipinski definition) is 2. The summed E-state index contributed by atoms with van der Waals surface area (Å²) in [5.41, 5.74) is 7.56. The predicted octanol–water partition coefficient (Wildman–Crippen LogP) is 2.06. The van der Waals surface area contributed by atoms with Gasteiger partial charge in [-0.05, 0) is 24.2 Å². The summed E-state index contributed by atoms with van der Waals surface area (Å²) in [4.78, 5) is 2.05. The first kappa shape index (κ1) is 11.0. The quantitative estimate of drug-likeness (QED) is 0.730. The number of alkyl halides is 1. The van der Waals surface area contributed by atoms with Crippen molar-refractivity contribution >= 4 is 5.69 Å². The van der Waals surface area contributed by atoms with Gasteiger partial charge < -0.3 is 5.73 Å². The van der Waals surface area contributed by atoms with Crippen LogP contribution >= 0.6 is 0 Å². The van der Waals surface area contributed by atoms with Crippen LogP contribution in [0.15, 0.2) is 24.3 Å². The number of halogens is 1. The van der Waals surface area contributed by atoms with Crippen LogP contribution < -0.4 is 5.73 Å². The van der Waals surface area contributed by atoms with Crippen molar-refractivity contribution in [1.82, 2.24) is 4.90 Å². The first-order chi connectivity index (χ1) is 6.76. The molecule has 0 radical (unpaired) electrons. The smallest absolute Gasteiger partial charge is 0.102 e. The Morgan fingerprint density at radius 1 is 1.43 bits per heavy atom. The van der Waals surface area contributed by atoms with Gasteiger partial charge in [0.2, 0.25) is 0 Å². The Morgan fingerprint density at radius 3 is 2.79 bits per heavy atom. The fourth-order valence-electron chi connectivity index (χ4n) is 1.42. The number of nitrogens with zero attached hydrogens (tertiary/aromatic N) is 1. The van der Waals surface area contributed by atoms with Gasteiger partial charge in [-0.3, -0.25) is 4.90 Å². The van der Waals surface area contributed by atoms with E-state index in [2.05, 4.69) is 4.90 Å². The van der Waals surface area contributed by atoms with Gasteiger partial charge in [0, 0.05) is 18.8 Å². The second-order valence-corrected chi connectivity index (χ2v) is 3.30. The lowest BCUT2D eigenvalue weighted by Gasteiger charge is -2.18. The molecule has 3 heteroatoms. The van der Waals surface area contributed by atoms with E-state index in [-0.39, 0.29) is 6.67 Å². The largest absolute Gasteiger partial charge is 0.399 e. The summed E-state index contributed by atoms with van der Waals surface area (Å²) in [5, 5.41) is 0. The zero-order valence-electron chi connectivity index (χ0n) is 8.54. The highest BCUT2D eigenvalue weighted by atomic mass is 19.1. The monoisotopic (exact) mass is 196 g/mol. The molecule has 0 saturated heterocycles. The van der Waals surface area contributed by atoms with Crippen LogP contribution in [0.3, 0.4) is 0 Å². The molecule has 0 aromatic heterocycles. The molecule has 0 fully saturated rings. The first-order valence-electron chi connectivity index (χ1n) is 4.89. The second kappa shape index (κ2) is 5.60. The van der Waals surface area contributed by atoms with Gasteiger partial charge in [0.15, 0.2) is 0 Å². The fraction of sp³-hybridized carbons (Fsp3) is 0.455. The van der Waals surface area contributed by atoms with Crippen LogP contribution in [0.5, 0.6) is 0 Å². The van der Waals surface area contributed by atoms with Crippen LogP contribution in [0.4, 0.5) is 10.1 Å². The molecule has 0 aliphatic heterocycles. The molecule has 0 bridgehead atoms. The van der Waals surface area contributed by atoms with E-state index in [1.54, 1.807) is 0 Å². The highest BCUT2D eigenvalue weighted by molar-refractivity contribution is 5.40. The summed E-state index contributed by atoms with van der Waals surface area (Å²) in [6.45, 7) is 3.85. The van der Waals surface area contributed by atoms with Crippen LogP contribution in [0.1, 0.15) is 12.5 Å².